The van der Waals surface area contributed by atoms with E-state index in [-0.39, 0.29) is 38.0 Å². The van der Waals surface area contributed by atoms with Gasteiger partial charge in [0.1, 0.15) is 10.8 Å². The van der Waals surface area contributed by atoms with Crippen molar-refractivity contribution < 1.29 is 18.0 Å². The Balaban J connectivity index is 1.26. The minimum absolute atomic E-state index is 0.0195. The van der Waals surface area contributed by atoms with E-state index in [1.807, 2.05) is 33.7 Å². The molecule has 0 saturated carbocycles. The number of carbonyl (C=O) groups is 2. The van der Waals surface area contributed by atoms with E-state index in [1.165, 1.54) is 4.31 Å². The van der Waals surface area contributed by atoms with Crippen LogP contribution in [0.1, 0.15) is 54.0 Å². The van der Waals surface area contributed by atoms with Crippen LogP contribution in [0.3, 0.4) is 0 Å². The Morgan fingerprint density at radius 3 is 2.07 bits per heavy atom. The Kier molecular flexibility index (Phi) is 8.98. The number of amides is 2. The molecule has 0 radical (unpaired) electrons. The fourth-order valence-corrected chi connectivity index (χ4v) is 8.32. The van der Waals surface area contributed by atoms with Gasteiger partial charge in [-0.2, -0.15) is 17.0 Å². The Hall–Kier alpha value is -3.03. The lowest BCUT2D eigenvalue weighted by Crippen LogP contribution is -2.55. The van der Waals surface area contributed by atoms with Crippen molar-refractivity contribution in [2.45, 2.75) is 39.2 Å². The lowest BCUT2D eigenvalue weighted by atomic mass is 10.1. The molecule has 44 heavy (non-hydrogen) atoms. The van der Waals surface area contributed by atoms with Crippen molar-refractivity contribution in [3.63, 3.8) is 0 Å². The molecule has 6 rings (SSSR count). The number of hydrogen-bond acceptors (Lipinski definition) is 6. The molecular weight excluding hydrogens is 602 g/mol. The molecule has 3 saturated heterocycles. The van der Waals surface area contributed by atoms with Gasteiger partial charge >= 0.3 is 0 Å². The third kappa shape index (κ3) is 6.10. The first-order valence-electron chi connectivity index (χ1n) is 15.5. The molecule has 0 atom stereocenters. The zero-order valence-electron chi connectivity index (χ0n) is 25.4. The van der Waals surface area contributed by atoms with Gasteiger partial charge in [-0.15, -0.1) is 0 Å². The van der Waals surface area contributed by atoms with Gasteiger partial charge in [0.15, 0.2) is 0 Å². The highest BCUT2D eigenvalue weighted by atomic mass is 35.5. The smallest absolute Gasteiger partial charge is 0.282 e. The van der Waals surface area contributed by atoms with Crippen molar-refractivity contribution in [2.24, 2.45) is 0 Å². The van der Waals surface area contributed by atoms with Crippen LogP contribution in [0.25, 0.3) is 16.6 Å². The van der Waals surface area contributed by atoms with Gasteiger partial charge in [-0.25, -0.2) is 4.98 Å². The number of piperazine rings is 2. The zero-order valence-corrected chi connectivity index (χ0v) is 26.9. The van der Waals surface area contributed by atoms with Gasteiger partial charge in [-0.05, 0) is 63.1 Å². The second-order valence-electron chi connectivity index (χ2n) is 12.1. The molecular formula is C31H40ClN7O4S. The van der Waals surface area contributed by atoms with Crippen LogP contribution in [0.2, 0.25) is 5.15 Å². The van der Waals surface area contributed by atoms with Gasteiger partial charge < -0.3 is 14.4 Å². The largest absolute Gasteiger partial charge is 0.336 e. The summed E-state index contributed by atoms with van der Waals surface area (Å²) in [5.74, 6) is -0.226. The summed E-state index contributed by atoms with van der Waals surface area (Å²) in [4.78, 5) is 37.6. The predicted octanol–water partition coefficient (Wildman–Crippen LogP) is 3.33. The van der Waals surface area contributed by atoms with E-state index in [1.54, 1.807) is 27.5 Å². The van der Waals surface area contributed by atoms with E-state index in [2.05, 4.69) is 23.7 Å². The maximum absolute atomic E-state index is 14.1. The Morgan fingerprint density at radius 2 is 1.41 bits per heavy atom. The first-order chi connectivity index (χ1) is 21.1. The molecule has 3 fully saturated rings. The fourth-order valence-electron chi connectivity index (χ4n) is 6.48. The molecule has 3 aromatic rings. The van der Waals surface area contributed by atoms with Crippen molar-refractivity contribution in [3.8, 4) is 5.69 Å². The Labute approximate surface area is 264 Å². The van der Waals surface area contributed by atoms with Crippen molar-refractivity contribution in [1.29, 1.82) is 0 Å². The number of rotatable bonds is 6. The summed E-state index contributed by atoms with van der Waals surface area (Å²) in [5, 5.41) is 1.06. The molecule has 0 N–H and O–H groups in total. The van der Waals surface area contributed by atoms with E-state index in [9.17, 15) is 18.0 Å². The van der Waals surface area contributed by atoms with Gasteiger partial charge in [-0.1, -0.05) is 18.0 Å². The molecule has 236 valence electrons. The summed E-state index contributed by atoms with van der Waals surface area (Å²) in [7, 11) is -3.54. The third-order valence-corrected chi connectivity index (χ3v) is 11.3. The number of aromatic nitrogens is 2. The van der Waals surface area contributed by atoms with Crippen LogP contribution in [0.15, 0.2) is 42.6 Å². The molecule has 0 spiro atoms. The highest BCUT2D eigenvalue weighted by Crippen LogP contribution is 2.29. The zero-order chi connectivity index (χ0) is 31.0. The van der Waals surface area contributed by atoms with Crippen molar-refractivity contribution >= 4 is 44.5 Å². The lowest BCUT2D eigenvalue weighted by Gasteiger charge is -2.37. The maximum atomic E-state index is 14.1. The van der Waals surface area contributed by atoms with Crippen LogP contribution >= 0.6 is 11.6 Å². The molecule has 5 heterocycles. The van der Waals surface area contributed by atoms with Crippen molar-refractivity contribution in [3.05, 3.63) is 59.0 Å². The van der Waals surface area contributed by atoms with Gasteiger partial charge in [-0.3, -0.25) is 14.5 Å². The summed E-state index contributed by atoms with van der Waals surface area (Å²) in [5.41, 5.74) is 2.45. The number of nitrogens with zero attached hydrogens (tertiary/aromatic N) is 7. The lowest BCUT2D eigenvalue weighted by molar-refractivity contribution is 0.0595. The standard InChI is InChI=1S/C31H40ClN7O4S/c1-23(2)34-12-14-35(15-13-34)30(40)24-6-7-27-25(20-24)21-28(39(27)26-8-9-33-29(32)22-26)31(41)36-16-18-38(19-17-36)44(42,43)37-10-4-3-5-11-37/h6-9,20-23H,3-5,10-19H2,1-2H3. The van der Waals surface area contributed by atoms with E-state index >= 15 is 0 Å². The molecule has 11 nitrogen and oxygen atoms in total. The van der Waals surface area contributed by atoms with E-state index < -0.39 is 10.2 Å². The second kappa shape index (κ2) is 12.8. The first kappa shape index (κ1) is 31.0. The third-order valence-electron chi connectivity index (χ3n) is 9.06. The monoisotopic (exact) mass is 641 g/mol. The molecule has 1 aromatic carbocycles. The van der Waals surface area contributed by atoms with Crippen molar-refractivity contribution in [2.75, 3.05) is 65.4 Å². The molecule has 13 heteroatoms. The summed E-state index contributed by atoms with van der Waals surface area (Å²) >= 11 is 6.26. The number of benzene rings is 1. The van der Waals surface area contributed by atoms with E-state index in [0.717, 1.165) is 43.3 Å². The number of fused-ring (bicyclic) bond motifs is 1. The minimum atomic E-state index is -3.54. The van der Waals surface area contributed by atoms with Crippen molar-refractivity contribution in [1.82, 2.24) is 32.9 Å². The summed E-state index contributed by atoms with van der Waals surface area (Å²) < 4.78 is 31.3. The normalized spacial score (nSPS) is 19.6. The first-order valence-corrected chi connectivity index (χ1v) is 17.3. The van der Waals surface area contributed by atoms with Gasteiger partial charge in [0, 0.05) is 88.6 Å². The number of halogens is 1. The quantitative estimate of drug-likeness (QED) is 0.383. The Bertz CT molecular complexity index is 1640. The topological polar surface area (TPSA) is 102 Å². The molecule has 2 aromatic heterocycles. The molecule has 0 aliphatic carbocycles. The van der Waals surface area contributed by atoms with Gasteiger partial charge in [0.05, 0.1) is 11.2 Å². The highest BCUT2D eigenvalue weighted by molar-refractivity contribution is 7.86. The van der Waals surface area contributed by atoms with Crippen LogP contribution in [0, 0.1) is 0 Å². The summed E-state index contributed by atoms with van der Waals surface area (Å²) in [6.45, 7) is 9.54. The second-order valence-corrected chi connectivity index (χ2v) is 14.4. The maximum Gasteiger partial charge on any atom is 0.282 e. The van der Waals surface area contributed by atoms with Crippen LogP contribution < -0.4 is 0 Å². The number of carbonyl (C=O) groups excluding carboxylic acids is 2. The SMILES string of the molecule is CC(C)N1CCN(C(=O)c2ccc3c(c2)cc(C(=O)N2CCN(S(=O)(=O)N4CCCCC4)CC2)n3-c2ccnc(Cl)c2)CC1. The number of piperidine rings is 1. The summed E-state index contributed by atoms with van der Waals surface area (Å²) in [6, 6.07) is 11.3. The van der Waals surface area contributed by atoms with E-state index in [0.29, 0.717) is 54.3 Å². The van der Waals surface area contributed by atoms with Crippen LogP contribution in [0.5, 0.6) is 0 Å². The average molecular weight is 642 g/mol. The number of hydrogen-bond donors (Lipinski definition) is 0. The van der Waals surface area contributed by atoms with E-state index in [4.69, 9.17) is 11.6 Å². The predicted molar refractivity (Wildman–Crippen MR) is 171 cm³/mol. The molecule has 3 aliphatic heterocycles. The molecule has 3 aliphatic rings. The average Bonchev–Trinajstić information content (AvgIpc) is 3.43. The Morgan fingerprint density at radius 1 is 0.773 bits per heavy atom. The van der Waals surface area contributed by atoms with Crippen LogP contribution in [0.4, 0.5) is 0 Å². The van der Waals surface area contributed by atoms with Crippen LogP contribution in [-0.2, 0) is 10.2 Å². The van der Waals surface area contributed by atoms with Gasteiger partial charge in [0.2, 0.25) is 0 Å². The summed E-state index contributed by atoms with van der Waals surface area (Å²) in [6.07, 6.45) is 4.40. The van der Waals surface area contributed by atoms with Crippen LogP contribution in [-0.4, -0.2) is 125 Å². The molecule has 0 bridgehead atoms. The number of pyridine rings is 1. The molecule has 2 amide bonds. The molecule has 0 unspecified atom stereocenters. The fraction of sp³-hybridized carbons (Fsp3) is 0.516. The minimum Gasteiger partial charge on any atom is -0.336 e. The van der Waals surface area contributed by atoms with Gasteiger partial charge in [0.25, 0.3) is 22.0 Å². The highest BCUT2D eigenvalue weighted by Gasteiger charge is 2.35.